The lowest BCUT2D eigenvalue weighted by molar-refractivity contribution is -0.136. The normalized spacial score (nSPS) is 11.4. The van der Waals surface area contributed by atoms with Gasteiger partial charge in [-0.1, -0.05) is 23.8 Å². The quantitative estimate of drug-likeness (QED) is 0.225. The molecule has 5 nitrogen and oxygen atoms in total. The van der Waals surface area contributed by atoms with E-state index in [2.05, 4.69) is 21.2 Å². The molecule has 3 heterocycles. The van der Waals surface area contributed by atoms with E-state index in [1.165, 1.54) is 18.3 Å². The lowest BCUT2D eigenvalue weighted by Crippen LogP contribution is -2.43. The molecule has 0 spiro atoms. The van der Waals surface area contributed by atoms with E-state index in [-0.39, 0.29) is 31.5 Å². The highest BCUT2D eigenvalue weighted by atomic mass is 32.1. The summed E-state index contributed by atoms with van der Waals surface area (Å²) in [5.41, 5.74) is 6.46. The van der Waals surface area contributed by atoms with Crippen LogP contribution in [0.5, 0.6) is 0 Å². The van der Waals surface area contributed by atoms with Crippen molar-refractivity contribution in [3.8, 4) is 10.6 Å². The molecule has 3 N–H and O–H groups in total. The van der Waals surface area contributed by atoms with Crippen LogP contribution in [-0.2, 0) is 6.18 Å². The number of aromatic nitrogens is 1. The lowest BCUT2D eigenvalue weighted by Gasteiger charge is -2.12. The Morgan fingerprint density at radius 2 is 1.82 bits per heavy atom. The number of alkyl halides is 3. The van der Waals surface area contributed by atoms with E-state index >= 15 is 0 Å². The predicted octanol–water partition coefficient (Wildman–Crippen LogP) is 6.29. The number of pyridine rings is 1. The van der Waals surface area contributed by atoms with Gasteiger partial charge in [-0.2, -0.15) is 13.2 Å². The molecule has 1 aromatic carbocycles. The van der Waals surface area contributed by atoms with Crippen LogP contribution in [0.1, 0.15) is 26.4 Å². The minimum absolute atomic E-state index is 0.0710. The lowest BCUT2D eigenvalue weighted by atomic mass is 10.1. The molecule has 0 radical (unpaired) electrons. The van der Waals surface area contributed by atoms with Gasteiger partial charge in [0.05, 0.1) is 21.0 Å². The van der Waals surface area contributed by atoms with Crippen LogP contribution < -0.4 is 16.2 Å². The largest absolute Gasteiger partial charge is 0.417 e. The van der Waals surface area contributed by atoms with Gasteiger partial charge in [0, 0.05) is 11.1 Å². The highest BCUT2D eigenvalue weighted by Gasteiger charge is 2.36. The summed E-state index contributed by atoms with van der Waals surface area (Å²) in [6.07, 6.45) is -4.59. The van der Waals surface area contributed by atoms with Crippen LogP contribution in [0.2, 0.25) is 0 Å². The van der Waals surface area contributed by atoms with Crippen molar-refractivity contribution in [2.75, 3.05) is 5.32 Å². The van der Waals surface area contributed by atoms with Crippen LogP contribution in [0.15, 0.2) is 47.8 Å². The van der Waals surface area contributed by atoms with E-state index in [9.17, 15) is 18.0 Å². The maximum atomic E-state index is 13.9. The number of amides is 1. The number of thiocarbonyl (C=S) groups is 1. The van der Waals surface area contributed by atoms with Crippen LogP contribution in [0.4, 0.5) is 18.9 Å². The molecule has 0 aliphatic carbocycles. The molecule has 0 bridgehead atoms. The molecule has 11 heteroatoms. The Labute approximate surface area is 200 Å². The SMILES string of the molecule is Cc1ccc(NC(=S)NNC(=O)c2sc3nc(-c4cccs4)cc(C(F)(F)F)c3c2C)cc1. The monoisotopic (exact) mass is 506 g/mol. The Morgan fingerprint density at radius 1 is 1.09 bits per heavy atom. The van der Waals surface area contributed by atoms with Crippen molar-refractivity contribution in [2.45, 2.75) is 20.0 Å². The van der Waals surface area contributed by atoms with E-state index in [1.807, 2.05) is 31.2 Å². The third-order valence-corrected chi connectivity index (χ3v) is 7.07. The number of halogens is 3. The number of hydrogen-bond donors (Lipinski definition) is 3. The number of hydrogen-bond acceptors (Lipinski definition) is 5. The summed E-state index contributed by atoms with van der Waals surface area (Å²) < 4.78 is 41.6. The van der Waals surface area contributed by atoms with Crippen molar-refractivity contribution in [3.63, 3.8) is 0 Å². The maximum absolute atomic E-state index is 13.9. The van der Waals surface area contributed by atoms with Gasteiger partial charge in [-0.25, -0.2) is 4.98 Å². The van der Waals surface area contributed by atoms with E-state index in [1.54, 1.807) is 17.5 Å². The van der Waals surface area contributed by atoms with Gasteiger partial charge in [-0.05, 0) is 61.3 Å². The molecule has 0 unspecified atom stereocenters. The summed E-state index contributed by atoms with van der Waals surface area (Å²) in [6, 6.07) is 12.0. The van der Waals surface area contributed by atoms with E-state index in [0.29, 0.717) is 4.88 Å². The summed E-state index contributed by atoms with van der Waals surface area (Å²) in [6.45, 7) is 3.44. The number of fused-ring (bicyclic) bond motifs is 1. The van der Waals surface area contributed by atoms with Crippen LogP contribution in [0, 0.1) is 13.8 Å². The minimum atomic E-state index is -4.59. The Kier molecular flexibility index (Phi) is 6.37. The first-order chi connectivity index (χ1) is 15.6. The third-order valence-electron chi connectivity index (χ3n) is 4.78. The minimum Gasteiger partial charge on any atom is -0.331 e. The van der Waals surface area contributed by atoms with Crippen LogP contribution >= 0.6 is 34.9 Å². The number of nitrogens with zero attached hydrogens (tertiary/aromatic N) is 1. The molecule has 0 fully saturated rings. The zero-order valence-electron chi connectivity index (χ0n) is 17.3. The second-order valence-electron chi connectivity index (χ2n) is 7.17. The van der Waals surface area contributed by atoms with Crippen LogP contribution in [0.3, 0.4) is 0 Å². The first kappa shape index (κ1) is 23.1. The van der Waals surface area contributed by atoms with Gasteiger partial charge in [-0.15, -0.1) is 22.7 Å². The number of nitrogens with one attached hydrogen (secondary N) is 3. The average molecular weight is 507 g/mol. The Morgan fingerprint density at radius 3 is 2.45 bits per heavy atom. The van der Waals surface area contributed by atoms with Gasteiger partial charge in [0.25, 0.3) is 5.91 Å². The number of aryl methyl sites for hydroxylation is 2. The summed E-state index contributed by atoms with van der Waals surface area (Å²) in [5.74, 6) is -0.602. The average Bonchev–Trinajstić information content (AvgIpc) is 3.41. The number of carbonyl (C=O) groups is 1. The first-order valence-electron chi connectivity index (χ1n) is 9.62. The van der Waals surface area contributed by atoms with Crippen molar-refractivity contribution >= 4 is 61.8 Å². The number of hydrazine groups is 1. The molecular formula is C22H17F3N4OS3. The summed E-state index contributed by atoms with van der Waals surface area (Å²) in [7, 11) is 0. The third kappa shape index (κ3) is 5.00. The van der Waals surface area contributed by atoms with Crippen molar-refractivity contribution in [1.29, 1.82) is 0 Å². The Hall–Kier alpha value is -3.02. The fourth-order valence-corrected chi connectivity index (χ4v) is 5.16. The summed E-state index contributed by atoms with van der Waals surface area (Å²) >= 11 is 7.38. The van der Waals surface area contributed by atoms with Crippen molar-refractivity contribution < 1.29 is 18.0 Å². The molecule has 0 saturated heterocycles. The molecule has 0 aliphatic heterocycles. The zero-order valence-corrected chi connectivity index (χ0v) is 19.8. The van der Waals surface area contributed by atoms with Crippen LogP contribution in [-0.4, -0.2) is 16.0 Å². The Bertz CT molecular complexity index is 1330. The second kappa shape index (κ2) is 9.08. The highest BCUT2D eigenvalue weighted by molar-refractivity contribution is 7.80. The van der Waals surface area contributed by atoms with Gasteiger partial charge in [0.2, 0.25) is 0 Å². The summed E-state index contributed by atoms with van der Waals surface area (Å²) in [4.78, 5) is 18.0. The van der Waals surface area contributed by atoms with E-state index in [4.69, 9.17) is 12.2 Å². The van der Waals surface area contributed by atoms with Crippen molar-refractivity contribution in [1.82, 2.24) is 15.8 Å². The fraction of sp³-hybridized carbons (Fsp3) is 0.136. The molecule has 33 heavy (non-hydrogen) atoms. The van der Waals surface area contributed by atoms with Gasteiger partial charge in [-0.3, -0.25) is 15.6 Å². The Balaban J connectivity index is 1.59. The van der Waals surface area contributed by atoms with Gasteiger partial charge >= 0.3 is 6.18 Å². The number of carbonyl (C=O) groups excluding carboxylic acids is 1. The van der Waals surface area contributed by atoms with Crippen molar-refractivity contribution in [3.05, 3.63) is 69.4 Å². The molecule has 4 aromatic rings. The van der Waals surface area contributed by atoms with Crippen LogP contribution in [0.25, 0.3) is 20.8 Å². The second-order valence-corrected chi connectivity index (χ2v) is 9.52. The van der Waals surface area contributed by atoms with Gasteiger partial charge in [0.15, 0.2) is 5.11 Å². The first-order valence-corrected chi connectivity index (χ1v) is 11.7. The fourth-order valence-electron chi connectivity index (χ4n) is 3.20. The molecule has 0 saturated carbocycles. The number of thiophene rings is 2. The predicted molar refractivity (Wildman–Crippen MR) is 131 cm³/mol. The highest BCUT2D eigenvalue weighted by Crippen LogP contribution is 2.42. The molecule has 3 aromatic heterocycles. The standard InChI is InChI=1S/C22H17F3N4OS3/c1-11-5-7-13(8-6-11)26-21(31)29-28-19(30)18-12(2)17-14(22(23,24)25)10-15(27-20(17)33-18)16-4-3-9-32-16/h3-10H,1-2H3,(H,28,30)(H2,26,29,31). The van der Waals surface area contributed by atoms with Gasteiger partial charge < -0.3 is 5.32 Å². The number of benzene rings is 1. The van der Waals surface area contributed by atoms with Crippen molar-refractivity contribution in [2.24, 2.45) is 0 Å². The molecular weight excluding hydrogens is 489 g/mol. The topological polar surface area (TPSA) is 66.0 Å². The molecule has 4 rings (SSSR count). The maximum Gasteiger partial charge on any atom is 0.417 e. The molecule has 0 atom stereocenters. The molecule has 0 aliphatic rings. The number of rotatable bonds is 3. The smallest absolute Gasteiger partial charge is 0.331 e. The van der Waals surface area contributed by atoms with E-state index in [0.717, 1.165) is 28.7 Å². The molecule has 1 amide bonds. The zero-order chi connectivity index (χ0) is 23.8. The van der Waals surface area contributed by atoms with Gasteiger partial charge in [0.1, 0.15) is 4.83 Å². The molecule has 170 valence electrons. The summed E-state index contributed by atoms with van der Waals surface area (Å²) in [5, 5.41) is 4.76. The number of anilines is 1. The van der Waals surface area contributed by atoms with E-state index < -0.39 is 17.6 Å².